The second kappa shape index (κ2) is 12.1. The molecule has 1 aromatic rings. The van der Waals surface area contributed by atoms with Crippen molar-refractivity contribution in [2.45, 2.75) is 59.3 Å². The predicted molar refractivity (Wildman–Crippen MR) is 94.8 cm³/mol. The van der Waals surface area contributed by atoms with Crippen LogP contribution in [0.15, 0.2) is 24.3 Å². The molecule has 0 aliphatic rings. The average molecular weight is 320 g/mol. The summed E-state index contributed by atoms with van der Waals surface area (Å²) in [6.45, 7) is 8.13. The molecular weight excluding hydrogens is 288 g/mol. The van der Waals surface area contributed by atoms with Gasteiger partial charge in [0.15, 0.2) is 0 Å². The molecule has 0 N–H and O–H groups in total. The van der Waals surface area contributed by atoms with Crippen LogP contribution in [-0.4, -0.2) is 25.8 Å². The maximum atomic E-state index is 12.0. The summed E-state index contributed by atoms with van der Waals surface area (Å²) < 4.78 is 10.8. The minimum absolute atomic E-state index is 0.250. The molecule has 3 heteroatoms. The molecule has 0 unspecified atom stereocenters. The molecule has 0 aromatic heterocycles. The Labute approximate surface area is 141 Å². The number of unbranched alkanes of at least 4 members (excludes halogenated alkanes) is 3. The molecule has 1 aromatic carbocycles. The molecule has 23 heavy (non-hydrogen) atoms. The fraction of sp³-hybridized carbons (Fsp3) is 0.650. The fourth-order valence-electron chi connectivity index (χ4n) is 2.51. The summed E-state index contributed by atoms with van der Waals surface area (Å²) in [6, 6.07) is 7.59. The Morgan fingerprint density at radius 3 is 2.48 bits per heavy atom. The molecular formula is C20H32O3. The van der Waals surface area contributed by atoms with Crippen molar-refractivity contribution in [3.05, 3.63) is 35.4 Å². The molecule has 3 nitrogen and oxygen atoms in total. The summed E-state index contributed by atoms with van der Waals surface area (Å²) in [5.41, 5.74) is 1.69. The first kappa shape index (κ1) is 19.7. The van der Waals surface area contributed by atoms with Gasteiger partial charge in [0.25, 0.3) is 0 Å². The van der Waals surface area contributed by atoms with E-state index in [1.54, 1.807) is 0 Å². The van der Waals surface area contributed by atoms with Crippen LogP contribution in [0, 0.1) is 5.92 Å². The summed E-state index contributed by atoms with van der Waals surface area (Å²) in [7, 11) is 0. The van der Waals surface area contributed by atoms with Crippen molar-refractivity contribution in [2.75, 3.05) is 19.8 Å². The standard InChI is InChI=1S/C20H32O3/c1-4-18-12-8-9-13-19(18)20(21)23-16-15-22-14-10-6-5-7-11-17(2)3/h8-9,12-13,17H,4-7,10-11,14-16H2,1-3H3. The van der Waals surface area contributed by atoms with E-state index in [9.17, 15) is 4.79 Å². The maximum Gasteiger partial charge on any atom is 0.338 e. The molecule has 0 spiro atoms. The zero-order chi connectivity index (χ0) is 16.9. The Balaban J connectivity index is 2.03. The van der Waals surface area contributed by atoms with Gasteiger partial charge in [0, 0.05) is 6.61 Å². The molecule has 0 saturated heterocycles. The van der Waals surface area contributed by atoms with E-state index in [2.05, 4.69) is 13.8 Å². The number of carbonyl (C=O) groups excluding carboxylic acids is 1. The SMILES string of the molecule is CCc1ccccc1C(=O)OCCOCCCCCCC(C)C. The highest BCUT2D eigenvalue weighted by atomic mass is 16.6. The number of aryl methyl sites for hydroxylation is 1. The molecule has 130 valence electrons. The second-order valence-electron chi connectivity index (χ2n) is 6.36. The van der Waals surface area contributed by atoms with Gasteiger partial charge in [-0.15, -0.1) is 0 Å². The van der Waals surface area contributed by atoms with E-state index in [1.165, 1.54) is 25.7 Å². The molecule has 0 amide bonds. The monoisotopic (exact) mass is 320 g/mol. The highest BCUT2D eigenvalue weighted by Gasteiger charge is 2.10. The van der Waals surface area contributed by atoms with Gasteiger partial charge in [0.05, 0.1) is 12.2 Å². The Morgan fingerprint density at radius 2 is 1.74 bits per heavy atom. The van der Waals surface area contributed by atoms with E-state index >= 15 is 0 Å². The molecule has 0 aliphatic carbocycles. The third kappa shape index (κ3) is 8.75. The third-order valence-electron chi connectivity index (χ3n) is 3.90. The lowest BCUT2D eigenvalue weighted by atomic mass is 10.0. The predicted octanol–water partition coefficient (Wildman–Crippen LogP) is 5.03. The molecule has 0 fully saturated rings. The summed E-state index contributed by atoms with van der Waals surface area (Å²) in [4.78, 5) is 12.0. The van der Waals surface area contributed by atoms with Crippen LogP contribution in [0.2, 0.25) is 0 Å². The van der Waals surface area contributed by atoms with Crippen LogP contribution in [0.4, 0.5) is 0 Å². The molecule has 1 rings (SSSR count). The van der Waals surface area contributed by atoms with Crippen molar-refractivity contribution in [2.24, 2.45) is 5.92 Å². The van der Waals surface area contributed by atoms with Crippen molar-refractivity contribution in [1.82, 2.24) is 0 Å². The molecule has 0 saturated carbocycles. The van der Waals surface area contributed by atoms with Gasteiger partial charge in [-0.25, -0.2) is 4.79 Å². The fourth-order valence-corrected chi connectivity index (χ4v) is 2.51. The van der Waals surface area contributed by atoms with Gasteiger partial charge >= 0.3 is 5.97 Å². The van der Waals surface area contributed by atoms with Gasteiger partial charge < -0.3 is 9.47 Å². The van der Waals surface area contributed by atoms with E-state index in [0.29, 0.717) is 18.8 Å². The van der Waals surface area contributed by atoms with Crippen LogP contribution >= 0.6 is 0 Å². The van der Waals surface area contributed by atoms with E-state index in [0.717, 1.165) is 30.9 Å². The zero-order valence-electron chi connectivity index (χ0n) is 15.0. The number of ether oxygens (including phenoxy) is 2. The van der Waals surface area contributed by atoms with E-state index in [4.69, 9.17) is 9.47 Å². The topological polar surface area (TPSA) is 35.5 Å². The van der Waals surface area contributed by atoms with E-state index in [-0.39, 0.29) is 5.97 Å². The van der Waals surface area contributed by atoms with Gasteiger partial charge in [-0.1, -0.05) is 64.7 Å². The zero-order valence-corrected chi connectivity index (χ0v) is 15.0. The number of hydrogen-bond donors (Lipinski definition) is 0. The highest BCUT2D eigenvalue weighted by molar-refractivity contribution is 5.91. The number of hydrogen-bond acceptors (Lipinski definition) is 3. The first-order chi connectivity index (χ1) is 11.1. The van der Waals surface area contributed by atoms with Crippen LogP contribution in [-0.2, 0) is 15.9 Å². The minimum atomic E-state index is -0.250. The van der Waals surface area contributed by atoms with Crippen molar-refractivity contribution in [1.29, 1.82) is 0 Å². The number of esters is 1. The summed E-state index contributed by atoms with van der Waals surface area (Å²) in [6.07, 6.45) is 7.05. The number of rotatable bonds is 12. The molecule has 0 heterocycles. The summed E-state index contributed by atoms with van der Waals surface area (Å²) in [5, 5.41) is 0. The highest BCUT2D eigenvalue weighted by Crippen LogP contribution is 2.11. The van der Waals surface area contributed by atoms with Gasteiger partial charge in [-0.3, -0.25) is 0 Å². The Bertz CT molecular complexity index is 440. The summed E-state index contributed by atoms with van der Waals surface area (Å²) >= 11 is 0. The number of carbonyl (C=O) groups is 1. The van der Waals surface area contributed by atoms with Crippen LogP contribution in [0.1, 0.15) is 68.8 Å². The van der Waals surface area contributed by atoms with Crippen molar-refractivity contribution >= 4 is 5.97 Å². The lowest BCUT2D eigenvalue weighted by molar-refractivity contribution is 0.0311. The van der Waals surface area contributed by atoms with Gasteiger partial charge in [0.2, 0.25) is 0 Å². The normalized spacial score (nSPS) is 11.0. The van der Waals surface area contributed by atoms with Gasteiger partial charge in [-0.2, -0.15) is 0 Å². The largest absolute Gasteiger partial charge is 0.460 e. The van der Waals surface area contributed by atoms with Crippen LogP contribution in [0.25, 0.3) is 0 Å². The van der Waals surface area contributed by atoms with Crippen LogP contribution in [0.3, 0.4) is 0 Å². The van der Waals surface area contributed by atoms with Crippen molar-refractivity contribution < 1.29 is 14.3 Å². The van der Waals surface area contributed by atoms with Gasteiger partial charge in [0.1, 0.15) is 6.61 Å². The van der Waals surface area contributed by atoms with Crippen molar-refractivity contribution in [3.8, 4) is 0 Å². The minimum Gasteiger partial charge on any atom is -0.460 e. The Kier molecular flexibility index (Phi) is 10.4. The molecule has 0 aliphatic heterocycles. The van der Waals surface area contributed by atoms with Gasteiger partial charge in [-0.05, 0) is 30.4 Å². The number of benzene rings is 1. The van der Waals surface area contributed by atoms with Crippen LogP contribution < -0.4 is 0 Å². The summed E-state index contributed by atoms with van der Waals surface area (Å²) in [5.74, 6) is 0.554. The second-order valence-corrected chi connectivity index (χ2v) is 6.36. The Morgan fingerprint density at radius 1 is 1.00 bits per heavy atom. The smallest absolute Gasteiger partial charge is 0.338 e. The molecule has 0 radical (unpaired) electrons. The lowest BCUT2D eigenvalue weighted by Crippen LogP contribution is -2.12. The lowest BCUT2D eigenvalue weighted by Gasteiger charge is -2.09. The van der Waals surface area contributed by atoms with Crippen LogP contribution in [0.5, 0.6) is 0 Å². The quantitative estimate of drug-likeness (QED) is 0.400. The average Bonchev–Trinajstić information content (AvgIpc) is 2.56. The van der Waals surface area contributed by atoms with E-state index in [1.807, 2.05) is 31.2 Å². The third-order valence-corrected chi connectivity index (χ3v) is 3.90. The van der Waals surface area contributed by atoms with Crippen molar-refractivity contribution in [3.63, 3.8) is 0 Å². The first-order valence-corrected chi connectivity index (χ1v) is 8.98. The molecule has 0 bridgehead atoms. The molecule has 0 atom stereocenters. The van der Waals surface area contributed by atoms with E-state index < -0.39 is 0 Å². The maximum absolute atomic E-state index is 12.0. The Hall–Kier alpha value is -1.35. The first-order valence-electron chi connectivity index (χ1n) is 8.98.